The first-order chi connectivity index (χ1) is 9.63. The molecule has 1 aliphatic carbocycles. The fourth-order valence-corrected chi connectivity index (χ4v) is 4.11. The lowest BCUT2D eigenvalue weighted by atomic mass is 10.0. The summed E-state index contributed by atoms with van der Waals surface area (Å²) in [6, 6.07) is 6.49. The molecular weight excluding hydrogens is 284 g/mol. The van der Waals surface area contributed by atoms with Gasteiger partial charge in [-0.25, -0.2) is 13.1 Å². The molecule has 4 nitrogen and oxygen atoms in total. The molecule has 1 saturated carbocycles. The van der Waals surface area contributed by atoms with Gasteiger partial charge in [0.15, 0.2) is 0 Å². The molecule has 0 bridgehead atoms. The van der Waals surface area contributed by atoms with Crippen molar-refractivity contribution in [2.45, 2.75) is 38.6 Å². The summed E-state index contributed by atoms with van der Waals surface area (Å²) >= 11 is 0. The maximum atomic E-state index is 12.4. The van der Waals surface area contributed by atoms with Crippen molar-refractivity contribution in [3.05, 3.63) is 29.8 Å². The van der Waals surface area contributed by atoms with E-state index in [2.05, 4.69) is 44.3 Å². The third kappa shape index (κ3) is 2.84. The van der Waals surface area contributed by atoms with Crippen LogP contribution in [0.5, 0.6) is 0 Å². The monoisotopic (exact) mass is 306 g/mol. The highest BCUT2D eigenvalue weighted by atomic mass is 32.2. The topological polar surface area (TPSA) is 72.2 Å². The van der Waals surface area contributed by atoms with Gasteiger partial charge in [0.05, 0.1) is 11.4 Å². The van der Waals surface area contributed by atoms with E-state index in [1.54, 1.807) is 24.3 Å². The van der Waals surface area contributed by atoms with E-state index in [1.807, 2.05) is 0 Å². The second-order valence-corrected chi connectivity index (χ2v) is 8.24. The van der Waals surface area contributed by atoms with Crippen LogP contribution in [-0.2, 0) is 10.0 Å². The molecule has 1 aromatic rings. The fraction of sp³-hybridized carbons (Fsp3) is 0.500. The molecule has 0 radical (unpaired) electrons. The Morgan fingerprint density at radius 2 is 1.67 bits per heavy atom. The summed E-state index contributed by atoms with van der Waals surface area (Å²) in [5.41, 5.74) is 5.99. The maximum absolute atomic E-state index is 12.4. The summed E-state index contributed by atoms with van der Waals surface area (Å²) in [4.78, 5) is 0.263. The molecular formula is C16H22N2O2S. The minimum atomic E-state index is -3.50. The van der Waals surface area contributed by atoms with Crippen LogP contribution in [0, 0.1) is 22.7 Å². The summed E-state index contributed by atoms with van der Waals surface area (Å²) in [5, 5.41) is 0. The third-order valence-electron chi connectivity index (χ3n) is 4.79. The standard InChI is InChI=1S/C16H22N2O2S/c1-15(2)14(16(15,3)4)18-21(19,20)13-9-7-12(8-10-13)6-5-11-17/h7-10,14,18H,11,17H2,1-4H3. The highest BCUT2D eigenvalue weighted by Gasteiger charge is 2.65. The average molecular weight is 306 g/mol. The number of nitrogens with two attached hydrogens (primary N) is 1. The van der Waals surface area contributed by atoms with Crippen LogP contribution in [0.3, 0.4) is 0 Å². The van der Waals surface area contributed by atoms with Crippen LogP contribution in [0.25, 0.3) is 0 Å². The second-order valence-electron chi connectivity index (χ2n) is 6.53. The Bertz CT molecular complexity index is 678. The second kappa shape index (κ2) is 5.13. The first-order valence-corrected chi connectivity index (χ1v) is 8.42. The van der Waals surface area contributed by atoms with Crippen LogP contribution in [0.1, 0.15) is 33.3 Å². The van der Waals surface area contributed by atoms with Gasteiger partial charge in [0, 0.05) is 11.6 Å². The largest absolute Gasteiger partial charge is 0.320 e. The molecule has 5 heteroatoms. The summed E-state index contributed by atoms with van der Waals surface area (Å²) < 4.78 is 27.6. The molecule has 114 valence electrons. The first-order valence-electron chi connectivity index (χ1n) is 6.94. The van der Waals surface area contributed by atoms with Gasteiger partial charge in [-0.15, -0.1) is 0 Å². The Balaban J connectivity index is 2.18. The van der Waals surface area contributed by atoms with E-state index in [0.29, 0.717) is 0 Å². The molecule has 0 unspecified atom stereocenters. The first kappa shape index (κ1) is 16.0. The van der Waals surface area contributed by atoms with Crippen molar-refractivity contribution in [3.8, 4) is 11.8 Å². The number of sulfonamides is 1. The Labute approximate surface area is 127 Å². The lowest BCUT2D eigenvalue weighted by Crippen LogP contribution is -2.29. The summed E-state index contributed by atoms with van der Waals surface area (Å²) in [7, 11) is -3.50. The van der Waals surface area contributed by atoms with Crippen molar-refractivity contribution in [1.82, 2.24) is 4.72 Å². The van der Waals surface area contributed by atoms with Gasteiger partial charge in [-0.2, -0.15) is 0 Å². The number of hydrogen-bond acceptors (Lipinski definition) is 3. The predicted octanol–water partition coefficient (Wildman–Crippen LogP) is 1.71. The molecule has 0 aromatic heterocycles. The number of benzene rings is 1. The van der Waals surface area contributed by atoms with Gasteiger partial charge >= 0.3 is 0 Å². The molecule has 2 rings (SSSR count). The van der Waals surface area contributed by atoms with Crippen molar-refractivity contribution in [3.63, 3.8) is 0 Å². The van der Waals surface area contributed by atoms with Gasteiger partial charge in [0.25, 0.3) is 0 Å². The molecule has 1 aromatic carbocycles. The van der Waals surface area contributed by atoms with Crippen molar-refractivity contribution < 1.29 is 8.42 Å². The van der Waals surface area contributed by atoms with Crippen LogP contribution >= 0.6 is 0 Å². The van der Waals surface area contributed by atoms with Gasteiger partial charge in [-0.1, -0.05) is 39.5 Å². The molecule has 0 atom stereocenters. The summed E-state index contributed by atoms with van der Waals surface area (Å²) in [6.07, 6.45) is 0. The molecule has 0 aliphatic heterocycles. The molecule has 21 heavy (non-hydrogen) atoms. The quantitative estimate of drug-likeness (QED) is 0.835. The highest BCUT2D eigenvalue weighted by Crippen LogP contribution is 2.62. The van der Waals surface area contributed by atoms with Crippen molar-refractivity contribution in [2.75, 3.05) is 6.54 Å². The van der Waals surface area contributed by atoms with Gasteiger partial charge < -0.3 is 5.73 Å². The Morgan fingerprint density at radius 3 is 2.10 bits per heavy atom. The van der Waals surface area contributed by atoms with Crippen LogP contribution in [0.2, 0.25) is 0 Å². The molecule has 0 saturated heterocycles. The van der Waals surface area contributed by atoms with Gasteiger partial charge in [-0.05, 0) is 35.1 Å². The van der Waals surface area contributed by atoms with Crippen LogP contribution in [-0.4, -0.2) is 21.0 Å². The smallest absolute Gasteiger partial charge is 0.240 e. The van der Waals surface area contributed by atoms with E-state index in [0.717, 1.165) is 5.56 Å². The van der Waals surface area contributed by atoms with E-state index in [1.165, 1.54) is 0 Å². The van der Waals surface area contributed by atoms with Crippen molar-refractivity contribution in [2.24, 2.45) is 16.6 Å². The lowest BCUT2D eigenvalue weighted by Gasteiger charge is -2.08. The van der Waals surface area contributed by atoms with Crippen molar-refractivity contribution in [1.29, 1.82) is 0 Å². The van der Waals surface area contributed by atoms with E-state index in [4.69, 9.17) is 5.73 Å². The predicted molar refractivity (Wildman–Crippen MR) is 84.0 cm³/mol. The molecule has 3 N–H and O–H groups in total. The zero-order valence-electron chi connectivity index (χ0n) is 12.9. The Morgan fingerprint density at radius 1 is 1.14 bits per heavy atom. The Hall–Kier alpha value is -1.35. The minimum Gasteiger partial charge on any atom is -0.320 e. The zero-order valence-corrected chi connectivity index (χ0v) is 13.7. The molecule has 0 amide bonds. The SMILES string of the molecule is CC1(C)C(NS(=O)(=O)c2ccc(C#CCN)cc2)C1(C)C. The molecule has 0 spiro atoms. The minimum absolute atomic E-state index is 0.0351. The van der Waals surface area contributed by atoms with Gasteiger partial charge in [0.1, 0.15) is 0 Å². The molecule has 1 aliphatic rings. The van der Waals surface area contributed by atoms with Crippen LogP contribution in [0.4, 0.5) is 0 Å². The molecule has 0 heterocycles. The summed E-state index contributed by atoms with van der Waals surface area (Å²) in [6.45, 7) is 8.59. The van der Waals surface area contributed by atoms with E-state index < -0.39 is 10.0 Å². The normalized spacial score (nSPS) is 19.7. The van der Waals surface area contributed by atoms with E-state index in [9.17, 15) is 8.42 Å². The fourth-order valence-electron chi connectivity index (χ4n) is 2.58. The van der Waals surface area contributed by atoms with Crippen molar-refractivity contribution >= 4 is 10.0 Å². The Kier molecular flexibility index (Phi) is 3.92. The maximum Gasteiger partial charge on any atom is 0.240 e. The number of hydrogen-bond donors (Lipinski definition) is 2. The number of rotatable bonds is 3. The third-order valence-corrected chi connectivity index (χ3v) is 6.23. The van der Waals surface area contributed by atoms with Gasteiger partial charge in [-0.3, -0.25) is 0 Å². The van der Waals surface area contributed by atoms with E-state index >= 15 is 0 Å². The average Bonchev–Trinajstić information content (AvgIpc) is 2.79. The van der Waals surface area contributed by atoms with E-state index in [-0.39, 0.29) is 28.3 Å². The summed E-state index contributed by atoms with van der Waals surface area (Å²) in [5.74, 6) is 5.61. The van der Waals surface area contributed by atoms with Crippen LogP contribution < -0.4 is 10.5 Å². The molecule has 1 fully saturated rings. The lowest BCUT2D eigenvalue weighted by molar-refractivity contribution is 0.457. The van der Waals surface area contributed by atoms with Gasteiger partial charge in [0.2, 0.25) is 10.0 Å². The number of nitrogens with one attached hydrogen (secondary N) is 1. The highest BCUT2D eigenvalue weighted by molar-refractivity contribution is 7.89. The van der Waals surface area contributed by atoms with Crippen LogP contribution in [0.15, 0.2) is 29.2 Å². The zero-order chi connectivity index (χ0) is 15.9.